The fraction of sp³-hybridized carbons (Fsp3) is 0. The van der Waals surface area contributed by atoms with Gasteiger partial charge in [0.25, 0.3) is 0 Å². The Kier molecular flexibility index (Phi) is 5.56. The summed E-state index contributed by atoms with van der Waals surface area (Å²) < 4.78 is 71.7. The molecule has 0 atom stereocenters. The highest BCUT2D eigenvalue weighted by Gasteiger charge is 2.19. The molecule has 0 fully saturated rings. The van der Waals surface area contributed by atoms with Gasteiger partial charge in [0, 0.05) is 49.3 Å². The molecule has 0 spiro atoms. The number of para-hydroxylation sites is 5. The number of hydrogen-bond donors (Lipinski definition) is 0. The molecule has 0 bridgehead atoms. The first-order valence-electron chi connectivity index (χ1n) is 22.5. The molecule has 12 rings (SSSR count). The first-order chi connectivity index (χ1) is 31.2. The minimum atomic E-state index is -0.427. The molecule has 9 aromatic carbocycles. The third-order valence-corrected chi connectivity index (χ3v) is 11.3. The highest BCUT2D eigenvalue weighted by atomic mass is 15.0. The van der Waals surface area contributed by atoms with Gasteiger partial charge >= 0.3 is 0 Å². The Morgan fingerprint density at radius 3 is 1.79 bits per heavy atom. The zero-order valence-electron chi connectivity index (χ0n) is 37.5. The van der Waals surface area contributed by atoms with Gasteiger partial charge in [0.05, 0.1) is 48.4 Å². The third kappa shape index (κ3) is 4.79. The fourth-order valence-corrected chi connectivity index (χ4v) is 8.79. The van der Waals surface area contributed by atoms with Crippen molar-refractivity contribution in [2.45, 2.75) is 0 Å². The molecular formula is C54H35N3. The van der Waals surface area contributed by atoms with Gasteiger partial charge in [0.1, 0.15) is 0 Å². The van der Waals surface area contributed by atoms with E-state index >= 15 is 0 Å². The maximum Gasteiger partial charge on any atom is 0.0645 e. The summed E-state index contributed by atoms with van der Waals surface area (Å²) in [6.45, 7) is 0. The van der Waals surface area contributed by atoms with Crippen LogP contribution < -0.4 is 0 Å². The maximum absolute atomic E-state index is 9.97. The van der Waals surface area contributed by atoms with Crippen LogP contribution in [-0.4, -0.2) is 13.7 Å². The summed E-state index contributed by atoms with van der Waals surface area (Å²) in [5.74, 6) is 0. The van der Waals surface area contributed by atoms with E-state index in [1.165, 1.54) is 0 Å². The summed E-state index contributed by atoms with van der Waals surface area (Å²) in [7, 11) is 0. The van der Waals surface area contributed by atoms with Crippen molar-refractivity contribution in [2.24, 2.45) is 0 Å². The lowest BCUT2D eigenvalue weighted by Crippen LogP contribution is -1.97. The molecule has 57 heavy (non-hydrogen) atoms. The quantitative estimate of drug-likeness (QED) is 0.167. The van der Waals surface area contributed by atoms with E-state index in [2.05, 4.69) is 57.7 Å². The lowest BCUT2D eigenvalue weighted by atomic mass is 10.0. The summed E-state index contributed by atoms with van der Waals surface area (Å²) in [6.07, 6.45) is 0. The van der Waals surface area contributed by atoms with Gasteiger partial charge in [0.2, 0.25) is 0 Å². The van der Waals surface area contributed by atoms with Crippen LogP contribution in [0.1, 0.15) is 9.60 Å². The van der Waals surface area contributed by atoms with Gasteiger partial charge in [-0.3, -0.25) is 0 Å². The van der Waals surface area contributed by atoms with Crippen LogP contribution in [0.25, 0.3) is 105 Å². The number of aromatic nitrogens is 3. The number of benzene rings is 9. The van der Waals surface area contributed by atoms with E-state index in [9.17, 15) is 6.85 Å². The minimum Gasteiger partial charge on any atom is -0.309 e. The summed E-state index contributed by atoms with van der Waals surface area (Å²) in [4.78, 5) is 0. The number of rotatable bonds is 5. The van der Waals surface area contributed by atoms with Crippen molar-refractivity contribution >= 4 is 65.4 Å². The van der Waals surface area contributed by atoms with Crippen LogP contribution in [-0.2, 0) is 0 Å². The average Bonchev–Trinajstić information content (AvgIpc) is 3.99. The predicted octanol–water partition coefficient (Wildman–Crippen LogP) is 14.3. The summed E-state index contributed by atoms with van der Waals surface area (Å²) in [5, 5.41) is 4.27. The largest absolute Gasteiger partial charge is 0.309 e. The molecule has 0 radical (unpaired) electrons. The van der Waals surface area contributed by atoms with Crippen LogP contribution in [0.3, 0.4) is 0 Å². The fourth-order valence-electron chi connectivity index (χ4n) is 8.79. The van der Waals surface area contributed by atoms with Gasteiger partial charge in [-0.15, -0.1) is 0 Å². The molecular weight excluding hydrogens is 691 g/mol. The Labute approximate surface area is 339 Å². The van der Waals surface area contributed by atoms with Crippen molar-refractivity contribution in [3.05, 3.63) is 212 Å². The van der Waals surface area contributed by atoms with Crippen LogP contribution in [0.2, 0.25) is 0 Å². The summed E-state index contributed by atoms with van der Waals surface area (Å²) >= 11 is 0. The zero-order valence-corrected chi connectivity index (χ0v) is 30.5. The normalized spacial score (nSPS) is 13.6. The van der Waals surface area contributed by atoms with E-state index < -0.39 is 12.1 Å². The second kappa shape index (κ2) is 12.5. The molecule has 12 aromatic rings. The van der Waals surface area contributed by atoms with Crippen molar-refractivity contribution in [3.63, 3.8) is 0 Å². The molecule has 3 heteroatoms. The Hall–Kier alpha value is -7.62. The maximum atomic E-state index is 9.97. The van der Waals surface area contributed by atoms with Gasteiger partial charge in [0.15, 0.2) is 0 Å². The average molecular weight is 733 g/mol. The van der Waals surface area contributed by atoms with Gasteiger partial charge in [-0.1, -0.05) is 139 Å². The summed E-state index contributed by atoms with van der Waals surface area (Å²) in [6, 6.07) is 54.8. The van der Waals surface area contributed by atoms with Crippen LogP contribution >= 0.6 is 0 Å². The van der Waals surface area contributed by atoms with Gasteiger partial charge < -0.3 is 13.7 Å². The molecule has 3 nitrogen and oxygen atoms in total. The zero-order chi connectivity index (χ0) is 43.5. The van der Waals surface area contributed by atoms with E-state index in [0.717, 1.165) is 66.1 Å². The van der Waals surface area contributed by atoms with Crippen LogP contribution in [0.4, 0.5) is 0 Å². The molecule has 0 N–H and O–H groups in total. The Morgan fingerprint density at radius 1 is 0.316 bits per heavy atom. The highest BCUT2D eigenvalue weighted by Crippen LogP contribution is 2.41. The van der Waals surface area contributed by atoms with E-state index in [1.54, 1.807) is 4.57 Å². The number of hydrogen-bond acceptors (Lipinski definition) is 0. The van der Waals surface area contributed by atoms with Crippen LogP contribution in [0.15, 0.2) is 212 Å². The first kappa shape index (κ1) is 25.5. The molecule has 0 amide bonds. The Morgan fingerprint density at radius 2 is 0.947 bits per heavy atom. The van der Waals surface area contributed by atoms with E-state index in [4.69, 9.17) is 2.74 Å². The standard InChI is InChI=1S/C54H35N3/c1-3-15-36(16-4-1)41-19-7-11-23-48(41)57-51-26-14-10-22-44(51)47-34-38(28-32-53(47)57)37-27-31-52-46(33-37)43-21-9-13-25-50(43)56(52)40-29-30-45-42-20-8-12-24-49(42)55(54(45)35-40)39-17-5-2-6-18-39/h1-35H/i9D,13D,21D,25D,27D,31D,33D. The van der Waals surface area contributed by atoms with Crippen molar-refractivity contribution in [1.29, 1.82) is 0 Å². The van der Waals surface area contributed by atoms with Crippen molar-refractivity contribution in [3.8, 4) is 39.3 Å². The van der Waals surface area contributed by atoms with Gasteiger partial charge in [-0.2, -0.15) is 0 Å². The van der Waals surface area contributed by atoms with Crippen molar-refractivity contribution in [1.82, 2.24) is 13.7 Å². The predicted molar refractivity (Wildman–Crippen MR) is 240 cm³/mol. The molecule has 0 aliphatic rings. The molecule has 3 heterocycles. The summed E-state index contributed by atoms with van der Waals surface area (Å²) in [5.41, 5.74) is 9.56. The highest BCUT2D eigenvalue weighted by molar-refractivity contribution is 6.14. The molecule has 3 aromatic heterocycles. The molecule has 0 unspecified atom stereocenters. The first-order valence-corrected chi connectivity index (χ1v) is 19.0. The lowest BCUT2D eigenvalue weighted by molar-refractivity contribution is 1.15. The Balaban J connectivity index is 1.14. The van der Waals surface area contributed by atoms with E-state index in [-0.39, 0.29) is 57.6 Å². The van der Waals surface area contributed by atoms with E-state index in [0.29, 0.717) is 11.3 Å². The molecule has 0 saturated carbocycles. The lowest BCUT2D eigenvalue weighted by Gasteiger charge is -2.14. The molecule has 266 valence electrons. The van der Waals surface area contributed by atoms with Crippen molar-refractivity contribution < 1.29 is 9.60 Å². The minimum absolute atomic E-state index is 0.0817. The SMILES string of the molecule is [2H]c1c([2H])c([2H])c2c(c1[2H])c1c([2H])c(-c3ccc4c(c3)c3ccccc3n4-c3ccccc3-c3ccccc3)c([2H])c([2H])c1n2-c1ccc2c3ccccc3n(-c3ccccc3)c2c1. The van der Waals surface area contributed by atoms with Crippen molar-refractivity contribution in [2.75, 3.05) is 0 Å². The van der Waals surface area contributed by atoms with Gasteiger partial charge in [-0.05, 0) is 89.4 Å². The second-order valence-corrected chi connectivity index (χ2v) is 14.4. The van der Waals surface area contributed by atoms with Gasteiger partial charge in [-0.25, -0.2) is 0 Å². The number of nitrogens with zero attached hydrogens (tertiary/aromatic N) is 3. The number of fused-ring (bicyclic) bond motifs is 9. The Bertz CT molecular complexity index is 3920. The third-order valence-electron chi connectivity index (χ3n) is 11.3. The van der Waals surface area contributed by atoms with Crippen LogP contribution in [0, 0.1) is 0 Å². The smallest absolute Gasteiger partial charge is 0.0645 e. The monoisotopic (exact) mass is 732 g/mol. The molecule has 0 saturated heterocycles. The topological polar surface area (TPSA) is 14.8 Å². The molecule has 0 aliphatic heterocycles. The molecule has 0 aliphatic carbocycles. The van der Waals surface area contributed by atoms with Crippen LogP contribution in [0.5, 0.6) is 0 Å². The van der Waals surface area contributed by atoms with E-state index in [1.807, 2.05) is 121 Å². The second-order valence-electron chi connectivity index (χ2n) is 14.4.